The number of hydrogen-bond acceptors (Lipinski definition) is 3. The van der Waals surface area contributed by atoms with E-state index in [1.807, 2.05) is 28.8 Å². The number of imidazole rings is 1. The quantitative estimate of drug-likeness (QED) is 0.849. The van der Waals surface area contributed by atoms with Gasteiger partial charge in [0.05, 0.1) is 23.3 Å². The van der Waals surface area contributed by atoms with Crippen LogP contribution in [0.3, 0.4) is 0 Å². The number of hydrogen-bond donors (Lipinski definition) is 2. The Morgan fingerprint density at radius 1 is 1.33 bits per heavy atom. The van der Waals surface area contributed by atoms with Crippen molar-refractivity contribution in [1.29, 1.82) is 0 Å². The Labute approximate surface area is 122 Å². The molecule has 6 heteroatoms. The SMILES string of the molecule is CC(CCNC(=O)C(C)n1cnc2ccccc21)C(=O)O. The van der Waals surface area contributed by atoms with Crippen LogP contribution >= 0.6 is 0 Å². The molecular weight excluding hydrogens is 270 g/mol. The van der Waals surface area contributed by atoms with Gasteiger partial charge in [-0.1, -0.05) is 19.1 Å². The smallest absolute Gasteiger partial charge is 0.306 e. The number of carbonyl (C=O) groups excluding carboxylic acids is 1. The summed E-state index contributed by atoms with van der Waals surface area (Å²) in [4.78, 5) is 27.1. The Hall–Kier alpha value is -2.37. The highest BCUT2D eigenvalue weighted by atomic mass is 16.4. The van der Waals surface area contributed by atoms with Crippen LogP contribution in [0.2, 0.25) is 0 Å². The molecular formula is C15H19N3O3. The van der Waals surface area contributed by atoms with Gasteiger partial charge in [0.2, 0.25) is 5.91 Å². The summed E-state index contributed by atoms with van der Waals surface area (Å²) in [6, 6.07) is 7.22. The molecule has 2 N–H and O–H groups in total. The zero-order valence-electron chi connectivity index (χ0n) is 12.1. The average Bonchev–Trinajstić information content (AvgIpc) is 2.89. The first-order chi connectivity index (χ1) is 10.0. The summed E-state index contributed by atoms with van der Waals surface area (Å²) in [6.07, 6.45) is 2.06. The number of fused-ring (bicyclic) bond motifs is 1. The number of nitrogens with zero attached hydrogens (tertiary/aromatic N) is 2. The summed E-state index contributed by atoms with van der Waals surface area (Å²) in [5.41, 5.74) is 1.75. The third kappa shape index (κ3) is 3.39. The molecule has 0 saturated heterocycles. The van der Waals surface area contributed by atoms with Crippen molar-refractivity contribution < 1.29 is 14.7 Å². The fourth-order valence-electron chi connectivity index (χ4n) is 2.10. The minimum absolute atomic E-state index is 0.143. The van der Waals surface area contributed by atoms with E-state index in [4.69, 9.17) is 5.11 Å². The van der Waals surface area contributed by atoms with E-state index in [1.165, 1.54) is 0 Å². The molecule has 1 aromatic carbocycles. The van der Waals surface area contributed by atoms with Crippen LogP contribution in [-0.2, 0) is 9.59 Å². The maximum Gasteiger partial charge on any atom is 0.306 e. The number of nitrogens with one attached hydrogen (secondary N) is 1. The Balaban J connectivity index is 1.98. The number of aliphatic carboxylic acids is 1. The first-order valence-corrected chi connectivity index (χ1v) is 6.92. The van der Waals surface area contributed by atoms with Crippen molar-refractivity contribution in [1.82, 2.24) is 14.9 Å². The number of para-hydroxylation sites is 2. The van der Waals surface area contributed by atoms with Crippen LogP contribution < -0.4 is 5.32 Å². The number of rotatable bonds is 6. The van der Waals surface area contributed by atoms with Gasteiger partial charge in [0.15, 0.2) is 0 Å². The summed E-state index contributed by atoms with van der Waals surface area (Å²) >= 11 is 0. The second-order valence-electron chi connectivity index (χ2n) is 5.14. The molecule has 0 radical (unpaired) electrons. The van der Waals surface area contributed by atoms with Gasteiger partial charge in [-0.3, -0.25) is 9.59 Å². The van der Waals surface area contributed by atoms with E-state index in [2.05, 4.69) is 10.3 Å². The molecule has 6 nitrogen and oxygen atoms in total. The normalized spacial score (nSPS) is 13.8. The minimum atomic E-state index is -0.849. The highest BCUT2D eigenvalue weighted by molar-refractivity contribution is 5.83. The van der Waals surface area contributed by atoms with Crippen LogP contribution in [-0.4, -0.2) is 33.1 Å². The fourth-order valence-corrected chi connectivity index (χ4v) is 2.10. The second-order valence-corrected chi connectivity index (χ2v) is 5.14. The maximum absolute atomic E-state index is 12.1. The largest absolute Gasteiger partial charge is 0.481 e. The van der Waals surface area contributed by atoms with E-state index in [-0.39, 0.29) is 5.91 Å². The molecule has 2 atom stereocenters. The van der Waals surface area contributed by atoms with Crippen molar-refractivity contribution in [3.8, 4) is 0 Å². The summed E-state index contributed by atoms with van der Waals surface area (Å²) in [5, 5.41) is 11.6. The van der Waals surface area contributed by atoms with Gasteiger partial charge >= 0.3 is 5.97 Å². The van der Waals surface area contributed by atoms with Crippen LogP contribution in [0.1, 0.15) is 26.3 Å². The van der Waals surface area contributed by atoms with E-state index in [1.54, 1.807) is 20.2 Å². The molecule has 0 aliphatic heterocycles. The molecule has 0 fully saturated rings. The summed E-state index contributed by atoms with van der Waals surface area (Å²) in [7, 11) is 0. The van der Waals surface area contributed by atoms with Crippen molar-refractivity contribution >= 4 is 22.9 Å². The lowest BCUT2D eigenvalue weighted by Crippen LogP contribution is -2.32. The van der Waals surface area contributed by atoms with Crippen molar-refractivity contribution in [3.05, 3.63) is 30.6 Å². The minimum Gasteiger partial charge on any atom is -0.481 e. The van der Waals surface area contributed by atoms with E-state index in [0.29, 0.717) is 13.0 Å². The van der Waals surface area contributed by atoms with Crippen molar-refractivity contribution in [2.24, 2.45) is 5.92 Å². The molecule has 1 amide bonds. The summed E-state index contributed by atoms with van der Waals surface area (Å²) < 4.78 is 1.81. The number of benzene rings is 1. The summed E-state index contributed by atoms with van der Waals surface area (Å²) in [6.45, 7) is 3.77. The highest BCUT2D eigenvalue weighted by Gasteiger charge is 2.17. The van der Waals surface area contributed by atoms with E-state index < -0.39 is 17.9 Å². The van der Waals surface area contributed by atoms with Gasteiger partial charge in [0.1, 0.15) is 6.04 Å². The Morgan fingerprint density at radius 2 is 2.05 bits per heavy atom. The lowest BCUT2D eigenvalue weighted by molar-refractivity contribution is -0.141. The highest BCUT2D eigenvalue weighted by Crippen LogP contribution is 2.17. The van der Waals surface area contributed by atoms with Gasteiger partial charge in [0.25, 0.3) is 0 Å². The van der Waals surface area contributed by atoms with Gasteiger partial charge in [-0.25, -0.2) is 4.98 Å². The van der Waals surface area contributed by atoms with Crippen molar-refractivity contribution in [2.45, 2.75) is 26.3 Å². The maximum atomic E-state index is 12.1. The molecule has 0 aliphatic carbocycles. The molecule has 2 unspecified atom stereocenters. The zero-order chi connectivity index (χ0) is 15.4. The third-order valence-corrected chi connectivity index (χ3v) is 3.58. The van der Waals surface area contributed by atoms with Crippen LogP contribution in [0.15, 0.2) is 30.6 Å². The molecule has 0 saturated carbocycles. The van der Waals surface area contributed by atoms with E-state index in [0.717, 1.165) is 11.0 Å². The van der Waals surface area contributed by atoms with Gasteiger partial charge in [-0.05, 0) is 25.5 Å². The molecule has 2 aromatic rings. The monoisotopic (exact) mass is 289 g/mol. The van der Waals surface area contributed by atoms with E-state index in [9.17, 15) is 9.59 Å². The number of carboxylic acid groups (broad SMARTS) is 1. The van der Waals surface area contributed by atoms with Crippen LogP contribution in [0.25, 0.3) is 11.0 Å². The molecule has 1 aromatic heterocycles. The second kappa shape index (κ2) is 6.39. The number of carboxylic acids is 1. The van der Waals surface area contributed by atoms with Crippen LogP contribution in [0.5, 0.6) is 0 Å². The van der Waals surface area contributed by atoms with Gasteiger partial charge in [-0.2, -0.15) is 0 Å². The van der Waals surface area contributed by atoms with Crippen molar-refractivity contribution in [2.75, 3.05) is 6.54 Å². The first-order valence-electron chi connectivity index (χ1n) is 6.92. The molecule has 0 spiro atoms. The molecule has 0 aliphatic rings. The lowest BCUT2D eigenvalue weighted by Gasteiger charge is -2.15. The van der Waals surface area contributed by atoms with Gasteiger partial charge in [0, 0.05) is 6.54 Å². The zero-order valence-corrected chi connectivity index (χ0v) is 12.1. The van der Waals surface area contributed by atoms with Gasteiger partial charge < -0.3 is 15.0 Å². The van der Waals surface area contributed by atoms with Gasteiger partial charge in [-0.15, -0.1) is 0 Å². The molecule has 112 valence electrons. The van der Waals surface area contributed by atoms with Crippen LogP contribution in [0.4, 0.5) is 0 Å². The average molecular weight is 289 g/mol. The Morgan fingerprint density at radius 3 is 2.76 bits per heavy atom. The molecule has 2 rings (SSSR count). The predicted molar refractivity (Wildman–Crippen MR) is 78.9 cm³/mol. The van der Waals surface area contributed by atoms with Crippen LogP contribution in [0, 0.1) is 5.92 Å². The molecule has 1 heterocycles. The topological polar surface area (TPSA) is 84.2 Å². The van der Waals surface area contributed by atoms with E-state index >= 15 is 0 Å². The summed E-state index contributed by atoms with van der Waals surface area (Å²) in [5.74, 6) is -1.46. The third-order valence-electron chi connectivity index (χ3n) is 3.58. The first kappa shape index (κ1) is 15.0. The lowest BCUT2D eigenvalue weighted by atomic mass is 10.1. The number of carbonyl (C=O) groups is 2. The Bertz CT molecular complexity index is 650. The predicted octanol–water partition coefficient (Wildman–Crippen LogP) is 1.82. The fraction of sp³-hybridized carbons (Fsp3) is 0.400. The Kier molecular flexibility index (Phi) is 4.57. The van der Waals surface area contributed by atoms with Crippen molar-refractivity contribution in [3.63, 3.8) is 0 Å². The molecule has 0 bridgehead atoms. The number of amides is 1. The molecule has 21 heavy (non-hydrogen) atoms. The number of aromatic nitrogens is 2. The standard InChI is InChI=1S/C15H19N3O3/c1-10(15(20)21)7-8-16-14(19)11(2)18-9-17-12-5-3-4-6-13(12)18/h3-6,9-11H,7-8H2,1-2H3,(H,16,19)(H,20,21).